The highest BCUT2D eigenvalue weighted by atomic mass is 35.5. The third kappa shape index (κ3) is 3.44. The summed E-state index contributed by atoms with van der Waals surface area (Å²) in [7, 11) is 0. The summed E-state index contributed by atoms with van der Waals surface area (Å²) >= 11 is 6.48. The van der Waals surface area contributed by atoms with Gasteiger partial charge < -0.3 is 9.84 Å². The zero-order chi connectivity index (χ0) is 14.5. The summed E-state index contributed by atoms with van der Waals surface area (Å²) in [6.07, 6.45) is 1.61. The minimum absolute atomic E-state index is 0.266. The summed E-state index contributed by atoms with van der Waals surface area (Å²) in [4.78, 5) is 13.1. The zero-order valence-electron chi connectivity index (χ0n) is 11.6. The van der Waals surface area contributed by atoms with Gasteiger partial charge in [-0.05, 0) is 32.4 Å². The second kappa shape index (κ2) is 6.95. The van der Waals surface area contributed by atoms with Crippen molar-refractivity contribution in [2.45, 2.75) is 31.2 Å². The van der Waals surface area contributed by atoms with Crippen molar-refractivity contribution in [2.24, 2.45) is 0 Å². The van der Waals surface area contributed by atoms with E-state index in [-0.39, 0.29) is 5.38 Å². The monoisotopic (exact) mass is 297 g/mol. The number of benzene rings is 1. The van der Waals surface area contributed by atoms with Gasteiger partial charge in [0.2, 0.25) is 0 Å². The predicted molar refractivity (Wildman–Crippen MR) is 78.4 cm³/mol. The summed E-state index contributed by atoms with van der Waals surface area (Å²) in [5.41, 5.74) is 0.923. The van der Waals surface area contributed by atoms with Crippen LogP contribution in [0.3, 0.4) is 0 Å². The molecule has 0 bridgehead atoms. The van der Waals surface area contributed by atoms with Gasteiger partial charge in [-0.1, -0.05) is 18.2 Å². The molecule has 1 aliphatic rings. The molecule has 1 aromatic rings. The standard InChI is InChI=1S/C15H20ClNO3/c1-2-20-14-8-4-3-6-11(14)12(16)10-17-9-5-7-13(17)15(18)19/h3-4,6,8,12-13H,2,5,7,9-10H2,1H3,(H,18,19). The largest absolute Gasteiger partial charge is 0.494 e. The Bertz CT molecular complexity index is 466. The van der Waals surface area contributed by atoms with Gasteiger partial charge in [0.25, 0.3) is 0 Å². The maximum absolute atomic E-state index is 11.2. The molecule has 0 amide bonds. The molecule has 1 aromatic carbocycles. The molecule has 20 heavy (non-hydrogen) atoms. The number of halogens is 1. The number of carbonyl (C=O) groups is 1. The normalized spacial score (nSPS) is 20.8. The van der Waals surface area contributed by atoms with Crippen LogP contribution in [0, 0.1) is 0 Å². The van der Waals surface area contributed by atoms with E-state index in [1.165, 1.54) is 0 Å². The molecule has 2 rings (SSSR count). The first kappa shape index (κ1) is 15.1. The highest BCUT2D eigenvalue weighted by molar-refractivity contribution is 6.21. The van der Waals surface area contributed by atoms with E-state index in [2.05, 4.69) is 0 Å². The van der Waals surface area contributed by atoms with Gasteiger partial charge in [0.15, 0.2) is 0 Å². The number of hydrogen-bond donors (Lipinski definition) is 1. The molecule has 1 saturated heterocycles. The van der Waals surface area contributed by atoms with Crippen molar-refractivity contribution in [3.05, 3.63) is 29.8 Å². The lowest BCUT2D eigenvalue weighted by Gasteiger charge is -2.24. The molecule has 2 atom stereocenters. The lowest BCUT2D eigenvalue weighted by atomic mass is 10.1. The maximum Gasteiger partial charge on any atom is 0.320 e. The van der Waals surface area contributed by atoms with Gasteiger partial charge in [-0.25, -0.2) is 0 Å². The van der Waals surface area contributed by atoms with E-state index in [0.29, 0.717) is 19.6 Å². The van der Waals surface area contributed by atoms with E-state index >= 15 is 0 Å². The average molecular weight is 298 g/mol. The fraction of sp³-hybridized carbons (Fsp3) is 0.533. The second-order valence-electron chi connectivity index (χ2n) is 4.93. The van der Waals surface area contributed by atoms with Crippen LogP contribution in [0.5, 0.6) is 5.75 Å². The van der Waals surface area contributed by atoms with Crippen molar-refractivity contribution >= 4 is 17.6 Å². The molecule has 110 valence electrons. The molecule has 2 unspecified atom stereocenters. The van der Waals surface area contributed by atoms with E-state index in [1.54, 1.807) is 0 Å². The molecule has 1 N–H and O–H groups in total. The predicted octanol–water partition coefficient (Wildman–Crippen LogP) is 2.91. The van der Waals surface area contributed by atoms with Gasteiger partial charge in [-0.15, -0.1) is 11.6 Å². The Labute approximate surface area is 124 Å². The SMILES string of the molecule is CCOc1ccccc1C(Cl)CN1CCCC1C(=O)O. The number of alkyl halides is 1. The zero-order valence-corrected chi connectivity index (χ0v) is 12.3. The molecular formula is C15H20ClNO3. The Morgan fingerprint density at radius 3 is 3.00 bits per heavy atom. The molecule has 1 aliphatic heterocycles. The first-order chi connectivity index (χ1) is 9.63. The highest BCUT2D eigenvalue weighted by Crippen LogP contribution is 2.32. The molecule has 1 fully saturated rings. The molecule has 0 saturated carbocycles. The van der Waals surface area contributed by atoms with Crippen LogP contribution in [0.2, 0.25) is 0 Å². The summed E-state index contributed by atoms with van der Waals surface area (Å²) in [6.45, 7) is 3.84. The molecular weight excluding hydrogens is 278 g/mol. The first-order valence-corrected chi connectivity index (χ1v) is 7.39. The Balaban J connectivity index is 2.08. The van der Waals surface area contributed by atoms with Crippen LogP contribution < -0.4 is 4.74 Å². The topological polar surface area (TPSA) is 49.8 Å². The summed E-state index contributed by atoms with van der Waals surface area (Å²) in [6, 6.07) is 7.26. The van der Waals surface area contributed by atoms with E-state index in [1.807, 2.05) is 36.1 Å². The minimum Gasteiger partial charge on any atom is -0.494 e. The van der Waals surface area contributed by atoms with Gasteiger partial charge in [-0.3, -0.25) is 9.69 Å². The van der Waals surface area contributed by atoms with Crippen LogP contribution >= 0.6 is 11.6 Å². The number of aliphatic carboxylic acids is 1. The van der Waals surface area contributed by atoms with Gasteiger partial charge in [0.1, 0.15) is 11.8 Å². The molecule has 5 heteroatoms. The quantitative estimate of drug-likeness (QED) is 0.820. The summed E-state index contributed by atoms with van der Waals surface area (Å²) in [5, 5.41) is 8.93. The van der Waals surface area contributed by atoms with Crippen LogP contribution in [0.1, 0.15) is 30.7 Å². The van der Waals surface area contributed by atoms with E-state index in [0.717, 1.165) is 24.3 Å². The van der Waals surface area contributed by atoms with E-state index < -0.39 is 12.0 Å². The Morgan fingerprint density at radius 1 is 1.55 bits per heavy atom. The molecule has 0 aromatic heterocycles. The van der Waals surface area contributed by atoms with Gasteiger partial charge in [-0.2, -0.15) is 0 Å². The van der Waals surface area contributed by atoms with Crippen LogP contribution in [-0.4, -0.2) is 41.7 Å². The lowest BCUT2D eigenvalue weighted by molar-refractivity contribution is -0.142. The summed E-state index contributed by atoms with van der Waals surface area (Å²) < 4.78 is 5.58. The van der Waals surface area contributed by atoms with Crippen LogP contribution in [0.25, 0.3) is 0 Å². The van der Waals surface area contributed by atoms with Crippen molar-refractivity contribution < 1.29 is 14.6 Å². The number of rotatable bonds is 6. The van der Waals surface area contributed by atoms with Crippen molar-refractivity contribution in [1.29, 1.82) is 0 Å². The van der Waals surface area contributed by atoms with E-state index in [9.17, 15) is 9.90 Å². The molecule has 4 nitrogen and oxygen atoms in total. The second-order valence-corrected chi connectivity index (χ2v) is 5.46. The van der Waals surface area contributed by atoms with Crippen LogP contribution in [0.4, 0.5) is 0 Å². The van der Waals surface area contributed by atoms with Crippen molar-refractivity contribution in [2.75, 3.05) is 19.7 Å². The number of ether oxygens (including phenoxy) is 1. The highest BCUT2D eigenvalue weighted by Gasteiger charge is 2.32. The van der Waals surface area contributed by atoms with Gasteiger partial charge in [0, 0.05) is 12.1 Å². The summed E-state index contributed by atoms with van der Waals surface area (Å²) in [5.74, 6) is 0.0190. The number of carboxylic acid groups (broad SMARTS) is 1. The minimum atomic E-state index is -0.760. The van der Waals surface area contributed by atoms with E-state index in [4.69, 9.17) is 16.3 Å². The number of hydrogen-bond acceptors (Lipinski definition) is 3. The van der Waals surface area contributed by atoms with Crippen LogP contribution in [-0.2, 0) is 4.79 Å². The number of nitrogens with zero attached hydrogens (tertiary/aromatic N) is 1. The van der Waals surface area contributed by atoms with Gasteiger partial charge >= 0.3 is 5.97 Å². The van der Waals surface area contributed by atoms with Crippen LogP contribution in [0.15, 0.2) is 24.3 Å². The van der Waals surface area contributed by atoms with Crippen molar-refractivity contribution in [3.63, 3.8) is 0 Å². The third-order valence-electron chi connectivity index (χ3n) is 3.60. The third-order valence-corrected chi connectivity index (χ3v) is 3.97. The number of para-hydroxylation sites is 1. The average Bonchev–Trinajstić information content (AvgIpc) is 2.88. The number of carboxylic acids is 1. The Kier molecular flexibility index (Phi) is 5.26. The molecule has 0 radical (unpaired) electrons. The fourth-order valence-electron chi connectivity index (χ4n) is 2.65. The molecule has 0 aliphatic carbocycles. The first-order valence-electron chi connectivity index (χ1n) is 6.96. The molecule has 1 heterocycles. The maximum atomic E-state index is 11.2. The Hall–Kier alpha value is -1.26. The lowest BCUT2D eigenvalue weighted by Crippen LogP contribution is -2.37. The van der Waals surface area contributed by atoms with Crippen molar-refractivity contribution in [3.8, 4) is 5.75 Å². The van der Waals surface area contributed by atoms with Crippen molar-refractivity contribution in [1.82, 2.24) is 4.90 Å². The smallest absolute Gasteiger partial charge is 0.320 e. The fourth-order valence-corrected chi connectivity index (χ4v) is 3.01. The van der Waals surface area contributed by atoms with Gasteiger partial charge in [0.05, 0.1) is 12.0 Å². The Morgan fingerprint density at radius 2 is 2.30 bits per heavy atom. The molecule has 0 spiro atoms. The number of likely N-dealkylation sites (tertiary alicyclic amines) is 1.